The Morgan fingerprint density at radius 1 is 1.39 bits per heavy atom. The van der Waals surface area contributed by atoms with Crippen molar-refractivity contribution in [2.24, 2.45) is 11.3 Å². The molecule has 1 rings (SSSR count). The van der Waals surface area contributed by atoms with Crippen LogP contribution in [0, 0.1) is 11.3 Å². The van der Waals surface area contributed by atoms with Crippen LogP contribution in [0.15, 0.2) is 0 Å². The highest BCUT2D eigenvalue weighted by Crippen LogP contribution is 2.48. The van der Waals surface area contributed by atoms with E-state index in [1.54, 1.807) is 0 Å². The Bertz CT molecular complexity index is 398. The molecule has 6 heteroatoms. The summed E-state index contributed by atoms with van der Waals surface area (Å²) in [7, 11) is -3.50. The highest BCUT2D eigenvalue weighted by molar-refractivity contribution is 7.89. The third kappa shape index (κ3) is 5.35. The van der Waals surface area contributed by atoms with Crippen molar-refractivity contribution in [3.05, 3.63) is 0 Å². The highest BCUT2D eigenvalue weighted by Gasteiger charge is 2.38. The molecule has 1 fully saturated rings. The van der Waals surface area contributed by atoms with E-state index >= 15 is 0 Å². The van der Waals surface area contributed by atoms with Gasteiger partial charge < -0.3 is 5.11 Å². The summed E-state index contributed by atoms with van der Waals surface area (Å²) in [5.74, 6) is -0.953. The summed E-state index contributed by atoms with van der Waals surface area (Å²) in [4.78, 5) is 11.0. The van der Waals surface area contributed by atoms with Gasteiger partial charge >= 0.3 is 5.97 Å². The minimum Gasteiger partial charge on any atom is -0.480 e. The summed E-state index contributed by atoms with van der Waals surface area (Å²) in [6.07, 6.45) is 3.05. The fourth-order valence-corrected chi connectivity index (χ4v) is 3.30. The topological polar surface area (TPSA) is 83.5 Å². The lowest BCUT2D eigenvalue weighted by Gasteiger charge is -2.17. The van der Waals surface area contributed by atoms with Crippen LogP contribution in [0.5, 0.6) is 0 Å². The average molecular weight is 277 g/mol. The number of aliphatic carboxylic acids is 1. The van der Waals surface area contributed by atoms with Crippen molar-refractivity contribution in [1.82, 2.24) is 4.72 Å². The maximum absolute atomic E-state index is 11.8. The molecule has 1 atom stereocenters. The Balaban J connectivity index is 2.52. The average Bonchev–Trinajstić information content (AvgIpc) is 2.93. The lowest BCUT2D eigenvalue weighted by Crippen LogP contribution is -2.42. The fourth-order valence-electron chi connectivity index (χ4n) is 1.79. The van der Waals surface area contributed by atoms with Crippen molar-refractivity contribution < 1.29 is 18.3 Å². The molecular formula is C12H23NO4S. The minimum absolute atomic E-state index is 0.0192. The van der Waals surface area contributed by atoms with Gasteiger partial charge in [-0.05, 0) is 37.0 Å². The van der Waals surface area contributed by atoms with Crippen LogP contribution in [0.1, 0.15) is 46.5 Å². The molecular weight excluding hydrogens is 254 g/mol. The van der Waals surface area contributed by atoms with Crippen LogP contribution < -0.4 is 4.72 Å². The molecule has 0 aromatic heterocycles. The van der Waals surface area contributed by atoms with E-state index in [-0.39, 0.29) is 17.1 Å². The molecule has 0 aromatic rings. The van der Waals surface area contributed by atoms with Gasteiger partial charge in [-0.25, -0.2) is 13.1 Å². The van der Waals surface area contributed by atoms with Crippen LogP contribution >= 0.6 is 0 Å². The molecule has 0 heterocycles. The summed E-state index contributed by atoms with van der Waals surface area (Å²) in [5.41, 5.74) is 0.158. The molecule has 5 nitrogen and oxygen atoms in total. The maximum Gasteiger partial charge on any atom is 0.321 e. The summed E-state index contributed by atoms with van der Waals surface area (Å²) in [6.45, 7) is 5.80. The zero-order valence-electron chi connectivity index (χ0n) is 11.3. The summed E-state index contributed by atoms with van der Waals surface area (Å²) in [6, 6.07) is -1.01. The first-order valence-corrected chi connectivity index (χ1v) is 8.02. The molecule has 1 aliphatic rings. The second kappa shape index (κ2) is 5.57. The SMILES string of the molecule is CC(C)C[C@H](NS(=O)(=O)CCC1(C)CC1)C(=O)O. The van der Waals surface area contributed by atoms with Crippen LogP contribution in [0.4, 0.5) is 0 Å². The van der Waals surface area contributed by atoms with Crippen LogP contribution in [0.2, 0.25) is 0 Å². The van der Waals surface area contributed by atoms with E-state index in [1.807, 2.05) is 13.8 Å². The molecule has 0 bridgehead atoms. The van der Waals surface area contributed by atoms with Gasteiger partial charge in [-0.1, -0.05) is 20.8 Å². The van der Waals surface area contributed by atoms with Gasteiger partial charge in [-0.3, -0.25) is 4.79 Å². The molecule has 18 heavy (non-hydrogen) atoms. The quantitative estimate of drug-likeness (QED) is 0.706. The second-order valence-electron chi connectivity index (χ2n) is 6.02. The monoisotopic (exact) mass is 277 g/mol. The smallest absolute Gasteiger partial charge is 0.321 e. The number of nitrogens with one attached hydrogen (secondary N) is 1. The van der Waals surface area contributed by atoms with Crippen molar-refractivity contribution >= 4 is 16.0 Å². The van der Waals surface area contributed by atoms with Gasteiger partial charge in [0.15, 0.2) is 0 Å². The van der Waals surface area contributed by atoms with E-state index in [2.05, 4.69) is 11.6 Å². The van der Waals surface area contributed by atoms with Gasteiger partial charge in [0.2, 0.25) is 10.0 Å². The van der Waals surface area contributed by atoms with Gasteiger partial charge in [-0.2, -0.15) is 0 Å². The first kappa shape index (κ1) is 15.4. The molecule has 0 aliphatic heterocycles. The molecule has 0 aromatic carbocycles. The van der Waals surface area contributed by atoms with E-state index < -0.39 is 22.0 Å². The van der Waals surface area contributed by atoms with Crippen LogP contribution in [0.25, 0.3) is 0 Å². The van der Waals surface area contributed by atoms with E-state index in [9.17, 15) is 13.2 Å². The van der Waals surface area contributed by atoms with E-state index in [0.717, 1.165) is 12.8 Å². The first-order chi connectivity index (χ1) is 8.14. The molecule has 0 unspecified atom stereocenters. The molecule has 1 saturated carbocycles. The first-order valence-electron chi connectivity index (χ1n) is 6.36. The van der Waals surface area contributed by atoms with Crippen molar-refractivity contribution in [2.75, 3.05) is 5.75 Å². The Labute approximate surface area is 109 Å². The number of sulfonamides is 1. The molecule has 106 valence electrons. The third-order valence-corrected chi connectivity index (χ3v) is 4.79. The van der Waals surface area contributed by atoms with Crippen LogP contribution in [0.3, 0.4) is 0 Å². The van der Waals surface area contributed by atoms with Gasteiger partial charge in [0, 0.05) is 0 Å². The number of carbonyl (C=O) groups is 1. The Hall–Kier alpha value is -0.620. The number of hydrogen-bond acceptors (Lipinski definition) is 3. The number of rotatable bonds is 8. The Morgan fingerprint density at radius 2 is 1.94 bits per heavy atom. The lowest BCUT2D eigenvalue weighted by atomic mass is 10.1. The second-order valence-corrected chi connectivity index (χ2v) is 7.89. The van der Waals surface area contributed by atoms with Crippen molar-refractivity contribution in [1.29, 1.82) is 0 Å². The maximum atomic E-state index is 11.8. The van der Waals surface area contributed by atoms with Gasteiger partial charge in [-0.15, -0.1) is 0 Å². The number of carboxylic acids is 1. The largest absolute Gasteiger partial charge is 0.480 e. The predicted octanol–water partition coefficient (Wildman–Crippen LogP) is 1.60. The number of hydrogen-bond donors (Lipinski definition) is 2. The van der Waals surface area contributed by atoms with E-state index in [0.29, 0.717) is 12.8 Å². The minimum atomic E-state index is -3.50. The zero-order chi connectivity index (χ0) is 14.0. The summed E-state index contributed by atoms with van der Waals surface area (Å²) >= 11 is 0. The van der Waals surface area contributed by atoms with Crippen LogP contribution in [-0.2, 0) is 14.8 Å². The summed E-state index contributed by atoms with van der Waals surface area (Å²) < 4.78 is 26.0. The molecule has 0 saturated heterocycles. The molecule has 0 spiro atoms. The predicted molar refractivity (Wildman–Crippen MR) is 69.8 cm³/mol. The highest BCUT2D eigenvalue weighted by atomic mass is 32.2. The van der Waals surface area contributed by atoms with Crippen LogP contribution in [-0.4, -0.2) is 31.3 Å². The normalized spacial score (nSPS) is 19.8. The lowest BCUT2D eigenvalue weighted by molar-refractivity contribution is -0.139. The fraction of sp³-hybridized carbons (Fsp3) is 0.917. The Morgan fingerprint density at radius 3 is 2.33 bits per heavy atom. The molecule has 0 amide bonds. The zero-order valence-corrected chi connectivity index (χ0v) is 12.1. The third-order valence-electron chi connectivity index (χ3n) is 3.40. The molecule has 2 N–H and O–H groups in total. The summed E-state index contributed by atoms with van der Waals surface area (Å²) in [5, 5.41) is 9.00. The number of carboxylic acid groups (broad SMARTS) is 1. The molecule has 1 aliphatic carbocycles. The standard InChI is InChI=1S/C12H23NO4S/c1-9(2)8-10(11(14)15)13-18(16,17)7-6-12(3)4-5-12/h9-10,13H,4-8H2,1-3H3,(H,14,15)/t10-/m0/s1. The van der Waals surface area contributed by atoms with E-state index in [4.69, 9.17) is 5.11 Å². The van der Waals surface area contributed by atoms with E-state index in [1.165, 1.54) is 0 Å². The van der Waals surface area contributed by atoms with Gasteiger partial charge in [0.05, 0.1) is 5.75 Å². The van der Waals surface area contributed by atoms with Gasteiger partial charge in [0.1, 0.15) is 6.04 Å². The van der Waals surface area contributed by atoms with Crippen molar-refractivity contribution in [3.8, 4) is 0 Å². The van der Waals surface area contributed by atoms with Gasteiger partial charge in [0.25, 0.3) is 0 Å². The molecule has 0 radical (unpaired) electrons. The van der Waals surface area contributed by atoms with Crippen molar-refractivity contribution in [3.63, 3.8) is 0 Å². The van der Waals surface area contributed by atoms with Crippen molar-refractivity contribution in [2.45, 2.75) is 52.5 Å². The Kier molecular flexibility index (Phi) is 4.78.